The van der Waals surface area contributed by atoms with E-state index in [9.17, 15) is 18.4 Å². The van der Waals surface area contributed by atoms with Gasteiger partial charge >= 0.3 is 6.61 Å². The van der Waals surface area contributed by atoms with Gasteiger partial charge in [-0.3, -0.25) is 9.59 Å². The highest BCUT2D eigenvalue weighted by molar-refractivity contribution is 6.00. The lowest BCUT2D eigenvalue weighted by Gasteiger charge is -2.32. The number of amides is 2. The molecular formula is C22H24F2N2O5. The minimum atomic E-state index is -2.96. The molecule has 1 N–H and O–H groups in total. The number of carbonyl (C=O) groups is 2. The number of benzene rings is 2. The molecule has 2 aromatic rings. The molecule has 1 atom stereocenters. The van der Waals surface area contributed by atoms with E-state index in [1.54, 1.807) is 36.1 Å². The molecule has 2 amide bonds. The van der Waals surface area contributed by atoms with E-state index >= 15 is 0 Å². The summed E-state index contributed by atoms with van der Waals surface area (Å²) < 4.78 is 40.1. The first-order chi connectivity index (χ1) is 14.9. The summed E-state index contributed by atoms with van der Waals surface area (Å²) in [5, 5.41) is 2.78. The van der Waals surface area contributed by atoms with Crippen LogP contribution in [0.1, 0.15) is 18.9 Å². The second kappa shape index (κ2) is 10.1. The Hall–Kier alpha value is -3.36. The number of nitrogens with zero attached hydrogens (tertiary/aromatic N) is 1. The van der Waals surface area contributed by atoms with Gasteiger partial charge in [0.1, 0.15) is 5.75 Å². The highest BCUT2D eigenvalue weighted by Crippen LogP contribution is 2.33. The molecule has 0 aromatic heterocycles. The Morgan fingerprint density at radius 1 is 1.23 bits per heavy atom. The smallest absolute Gasteiger partial charge is 0.387 e. The lowest BCUT2D eigenvalue weighted by Crippen LogP contribution is -2.45. The maximum Gasteiger partial charge on any atom is 0.387 e. The minimum absolute atomic E-state index is 0.0556. The van der Waals surface area contributed by atoms with Crippen LogP contribution in [0.25, 0.3) is 0 Å². The molecule has 0 saturated heterocycles. The van der Waals surface area contributed by atoms with Crippen molar-refractivity contribution < 1.29 is 32.6 Å². The van der Waals surface area contributed by atoms with Crippen molar-refractivity contribution >= 4 is 17.5 Å². The normalized spacial score (nSPS) is 15.3. The molecule has 0 saturated carbocycles. The fourth-order valence-electron chi connectivity index (χ4n) is 3.30. The van der Waals surface area contributed by atoms with Crippen molar-refractivity contribution in [2.24, 2.45) is 0 Å². The molecule has 1 unspecified atom stereocenters. The fourth-order valence-corrected chi connectivity index (χ4v) is 3.30. The van der Waals surface area contributed by atoms with Crippen molar-refractivity contribution in [3.63, 3.8) is 0 Å². The standard InChI is InChI=1S/C22H24F2N2O5/c1-14-21(28)26(16-5-3-4-6-17(16)30-14)12-10-20(27)25-11-9-15-7-8-18(29-2)19(13-15)31-22(23)24/h3-8,13-14,22H,9-12H2,1-2H3,(H,25,27). The van der Waals surface area contributed by atoms with Crippen LogP contribution in [0.3, 0.4) is 0 Å². The highest BCUT2D eigenvalue weighted by Gasteiger charge is 2.31. The van der Waals surface area contributed by atoms with Gasteiger partial charge in [-0.1, -0.05) is 18.2 Å². The molecular weight excluding hydrogens is 410 g/mol. The number of halogens is 2. The van der Waals surface area contributed by atoms with E-state index in [0.29, 0.717) is 30.0 Å². The maximum atomic E-state index is 12.5. The molecule has 7 nitrogen and oxygen atoms in total. The number of nitrogens with one attached hydrogen (secondary N) is 1. The van der Waals surface area contributed by atoms with Crippen LogP contribution in [0.5, 0.6) is 17.2 Å². The summed E-state index contributed by atoms with van der Waals surface area (Å²) in [5.41, 5.74) is 1.35. The van der Waals surface area contributed by atoms with Crippen LogP contribution in [0, 0.1) is 0 Å². The van der Waals surface area contributed by atoms with E-state index in [2.05, 4.69) is 10.1 Å². The quantitative estimate of drug-likeness (QED) is 0.656. The van der Waals surface area contributed by atoms with Crippen molar-refractivity contribution in [1.29, 1.82) is 0 Å². The third kappa shape index (κ3) is 5.62. The second-order valence-corrected chi connectivity index (χ2v) is 6.93. The van der Waals surface area contributed by atoms with Gasteiger partial charge in [-0.2, -0.15) is 8.78 Å². The average Bonchev–Trinajstić information content (AvgIpc) is 2.74. The molecule has 9 heteroatoms. The maximum absolute atomic E-state index is 12.5. The van der Waals surface area contributed by atoms with Gasteiger partial charge in [-0.25, -0.2) is 0 Å². The van der Waals surface area contributed by atoms with Gasteiger partial charge < -0.3 is 24.4 Å². The summed E-state index contributed by atoms with van der Waals surface area (Å²) in [6.07, 6.45) is -0.0708. The zero-order valence-electron chi connectivity index (χ0n) is 17.3. The molecule has 1 aliphatic heterocycles. The number of alkyl halides is 2. The molecule has 166 valence electrons. The Balaban J connectivity index is 1.52. The number of hydrogen-bond acceptors (Lipinski definition) is 5. The lowest BCUT2D eigenvalue weighted by molar-refractivity contribution is -0.125. The first-order valence-electron chi connectivity index (χ1n) is 9.84. The molecule has 3 rings (SSSR count). The Labute approximate surface area is 178 Å². The van der Waals surface area contributed by atoms with E-state index in [1.165, 1.54) is 19.2 Å². The van der Waals surface area contributed by atoms with E-state index < -0.39 is 12.7 Å². The van der Waals surface area contributed by atoms with E-state index in [1.807, 2.05) is 6.07 Å². The number of hydrogen-bond donors (Lipinski definition) is 1. The molecule has 0 aliphatic carbocycles. The van der Waals surface area contributed by atoms with Crippen LogP contribution < -0.4 is 24.4 Å². The predicted octanol–water partition coefficient (Wildman–Crippen LogP) is 3.16. The summed E-state index contributed by atoms with van der Waals surface area (Å²) in [4.78, 5) is 26.3. The summed E-state index contributed by atoms with van der Waals surface area (Å²) in [6.45, 7) is -0.751. The lowest BCUT2D eigenvalue weighted by atomic mass is 10.1. The SMILES string of the molecule is COc1ccc(CCNC(=O)CCN2C(=O)C(C)Oc3ccccc32)cc1OC(F)F. The zero-order valence-corrected chi connectivity index (χ0v) is 17.3. The third-order valence-electron chi connectivity index (χ3n) is 4.82. The van der Waals surface area contributed by atoms with Gasteiger partial charge in [-0.05, 0) is 43.2 Å². The Morgan fingerprint density at radius 2 is 2.00 bits per heavy atom. The van der Waals surface area contributed by atoms with Crippen molar-refractivity contribution in [3.05, 3.63) is 48.0 Å². The summed E-state index contributed by atoms with van der Waals surface area (Å²) in [5.74, 6) is 0.340. The van der Waals surface area contributed by atoms with Gasteiger partial charge in [0.15, 0.2) is 17.6 Å². The third-order valence-corrected chi connectivity index (χ3v) is 4.82. The molecule has 0 radical (unpaired) electrons. The number of methoxy groups -OCH3 is 1. The largest absolute Gasteiger partial charge is 0.493 e. The van der Waals surface area contributed by atoms with E-state index in [4.69, 9.17) is 9.47 Å². The Kier molecular flexibility index (Phi) is 7.28. The van der Waals surface area contributed by atoms with Gasteiger partial charge in [0.25, 0.3) is 5.91 Å². The number of para-hydroxylation sites is 2. The average molecular weight is 434 g/mol. The zero-order chi connectivity index (χ0) is 22.4. The molecule has 1 heterocycles. The number of ether oxygens (including phenoxy) is 3. The molecule has 2 aromatic carbocycles. The fraction of sp³-hybridized carbons (Fsp3) is 0.364. The summed E-state index contributed by atoms with van der Waals surface area (Å²) in [7, 11) is 1.37. The summed E-state index contributed by atoms with van der Waals surface area (Å²) >= 11 is 0. The monoisotopic (exact) mass is 434 g/mol. The van der Waals surface area contributed by atoms with Gasteiger partial charge in [0, 0.05) is 19.5 Å². The number of carbonyl (C=O) groups excluding carboxylic acids is 2. The van der Waals surface area contributed by atoms with Crippen LogP contribution >= 0.6 is 0 Å². The summed E-state index contributed by atoms with van der Waals surface area (Å²) in [6, 6.07) is 11.9. The number of fused-ring (bicyclic) bond motifs is 1. The first-order valence-corrected chi connectivity index (χ1v) is 9.84. The molecule has 0 bridgehead atoms. The van der Waals surface area contributed by atoms with Crippen molar-refractivity contribution in [2.45, 2.75) is 32.5 Å². The topological polar surface area (TPSA) is 77.1 Å². The molecule has 31 heavy (non-hydrogen) atoms. The predicted molar refractivity (Wildman–Crippen MR) is 110 cm³/mol. The molecule has 1 aliphatic rings. The number of anilines is 1. The second-order valence-electron chi connectivity index (χ2n) is 6.93. The van der Waals surface area contributed by atoms with Crippen LogP contribution in [-0.4, -0.2) is 44.7 Å². The van der Waals surface area contributed by atoms with Crippen molar-refractivity contribution in [1.82, 2.24) is 5.32 Å². The van der Waals surface area contributed by atoms with Crippen LogP contribution in [0.4, 0.5) is 14.5 Å². The van der Waals surface area contributed by atoms with Gasteiger partial charge in [0.2, 0.25) is 5.91 Å². The van der Waals surface area contributed by atoms with E-state index in [-0.39, 0.29) is 36.3 Å². The van der Waals surface area contributed by atoms with Crippen LogP contribution in [0.15, 0.2) is 42.5 Å². The molecule has 0 fully saturated rings. The van der Waals surface area contributed by atoms with Crippen LogP contribution in [0.2, 0.25) is 0 Å². The number of rotatable bonds is 9. The molecule has 0 spiro atoms. The first kappa shape index (κ1) is 22.3. The van der Waals surface area contributed by atoms with Crippen molar-refractivity contribution in [2.75, 3.05) is 25.1 Å². The highest BCUT2D eigenvalue weighted by atomic mass is 19.3. The van der Waals surface area contributed by atoms with Gasteiger partial charge in [0.05, 0.1) is 12.8 Å². The Morgan fingerprint density at radius 3 is 2.74 bits per heavy atom. The minimum Gasteiger partial charge on any atom is -0.493 e. The van der Waals surface area contributed by atoms with Crippen LogP contribution in [-0.2, 0) is 16.0 Å². The van der Waals surface area contributed by atoms with Crippen molar-refractivity contribution in [3.8, 4) is 17.2 Å². The van der Waals surface area contributed by atoms with E-state index in [0.717, 1.165) is 0 Å². The van der Waals surface area contributed by atoms with Gasteiger partial charge in [-0.15, -0.1) is 0 Å². The Bertz CT molecular complexity index is 938.